The van der Waals surface area contributed by atoms with Crippen LogP contribution in [-0.2, 0) is 27.4 Å². The quantitative estimate of drug-likeness (QED) is 0.678. The molecule has 0 bridgehead atoms. The summed E-state index contributed by atoms with van der Waals surface area (Å²) < 4.78 is 5.52. The van der Waals surface area contributed by atoms with Crippen molar-refractivity contribution in [1.82, 2.24) is 4.90 Å². The molecule has 0 saturated carbocycles. The van der Waals surface area contributed by atoms with E-state index in [0.29, 0.717) is 30.8 Å². The Labute approximate surface area is 177 Å². The maximum atomic E-state index is 13.5. The fourth-order valence-electron chi connectivity index (χ4n) is 4.00. The van der Waals surface area contributed by atoms with Gasteiger partial charge in [0.15, 0.2) is 18.4 Å². The fourth-order valence-corrected chi connectivity index (χ4v) is 4.00. The molecule has 1 N–H and O–H groups in total. The zero-order valence-electron chi connectivity index (χ0n) is 17.3. The fraction of sp³-hybridized carbons (Fsp3) is 0.375. The number of benzene rings is 2. The van der Waals surface area contributed by atoms with Gasteiger partial charge in [0.05, 0.1) is 6.54 Å². The Bertz CT molecular complexity index is 841. The summed E-state index contributed by atoms with van der Waals surface area (Å²) in [4.78, 5) is 40.0. The van der Waals surface area contributed by atoms with Crippen LogP contribution in [-0.4, -0.2) is 48.4 Å². The number of ether oxygens (including phenoxy) is 1. The number of amides is 2. The monoisotopic (exact) mass is 409 g/mol. The Morgan fingerprint density at radius 2 is 1.73 bits per heavy atom. The molecule has 3 rings (SSSR count). The third-order valence-corrected chi connectivity index (χ3v) is 5.62. The van der Waals surface area contributed by atoms with E-state index >= 15 is 0 Å². The van der Waals surface area contributed by atoms with Crippen LogP contribution in [0.25, 0.3) is 0 Å². The zero-order valence-corrected chi connectivity index (χ0v) is 17.3. The first kappa shape index (κ1) is 21.7. The second-order valence-electron chi connectivity index (χ2n) is 7.56. The van der Waals surface area contributed by atoms with Gasteiger partial charge < -0.3 is 4.74 Å². The average Bonchev–Trinajstić information content (AvgIpc) is 3.27. The highest BCUT2D eigenvalue weighted by Crippen LogP contribution is 2.13. The number of nitrogens with zero attached hydrogens (tertiary/aromatic N) is 1. The molecule has 2 amide bonds. The Hall–Kier alpha value is -2.99. The maximum absolute atomic E-state index is 13.5. The summed E-state index contributed by atoms with van der Waals surface area (Å²) in [6, 6.07) is 18.1. The summed E-state index contributed by atoms with van der Waals surface area (Å²) in [6.07, 6.45) is 2.27. The number of likely N-dealkylation sites (N-methyl/N-ethyl adjacent to an activating group) is 1. The second-order valence-corrected chi connectivity index (χ2v) is 7.56. The molecule has 0 spiro atoms. The molecule has 1 heterocycles. The van der Waals surface area contributed by atoms with Gasteiger partial charge in [-0.15, -0.1) is 0 Å². The molecule has 2 aromatic rings. The molecule has 0 radical (unpaired) electrons. The van der Waals surface area contributed by atoms with Crippen molar-refractivity contribution in [3.63, 3.8) is 0 Å². The van der Waals surface area contributed by atoms with Crippen molar-refractivity contribution in [3.8, 4) is 0 Å². The number of aldehydes is 1. The molecule has 30 heavy (non-hydrogen) atoms. The van der Waals surface area contributed by atoms with E-state index < -0.39 is 12.1 Å². The molecule has 1 saturated heterocycles. The molecule has 1 aliphatic rings. The van der Waals surface area contributed by atoms with Crippen LogP contribution in [0.5, 0.6) is 0 Å². The van der Waals surface area contributed by atoms with Gasteiger partial charge >= 0.3 is 12.0 Å². The number of quaternary nitrogens is 1. The molecule has 0 aliphatic carbocycles. The molecule has 6 heteroatoms. The third kappa shape index (κ3) is 5.33. The first-order valence-electron chi connectivity index (χ1n) is 10.5. The Kier molecular flexibility index (Phi) is 7.74. The van der Waals surface area contributed by atoms with E-state index in [1.165, 1.54) is 4.90 Å². The van der Waals surface area contributed by atoms with E-state index in [-0.39, 0.29) is 18.6 Å². The smallest absolute Gasteiger partial charge is 0.410 e. The molecule has 2 aromatic carbocycles. The van der Waals surface area contributed by atoms with Gasteiger partial charge in [0.1, 0.15) is 6.61 Å². The number of rotatable bonds is 8. The van der Waals surface area contributed by atoms with Gasteiger partial charge in [-0.2, -0.15) is 0 Å². The van der Waals surface area contributed by atoms with Crippen LogP contribution in [0.15, 0.2) is 60.7 Å². The molecule has 1 fully saturated rings. The molecule has 158 valence electrons. The van der Waals surface area contributed by atoms with Crippen LogP contribution < -0.4 is 4.90 Å². The summed E-state index contributed by atoms with van der Waals surface area (Å²) in [5.74, 6) is -0.119. The third-order valence-electron chi connectivity index (χ3n) is 5.62. The van der Waals surface area contributed by atoms with E-state index in [0.717, 1.165) is 23.8 Å². The van der Waals surface area contributed by atoms with E-state index in [4.69, 9.17) is 4.74 Å². The number of likely N-dealkylation sites (tertiary alicyclic amines) is 1. The summed E-state index contributed by atoms with van der Waals surface area (Å²) in [5.41, 5.74) is 1.85. The number of carbonyl (C=O) groups excluding carboxylic acids is 3. The van der Waals surface area contributed by atoms with Crippen molar-refractivity contribution < 1.29 is 24.0 Å². The van der Waals surface area contributed by atoms with Crippen LogP contribution in [0.1, 0.15) is 30.9 Å². The highest BCUT2D eigenvalue weighted by Gasteiger charge is 2.42. The van der Waals surface area contributed by atoms with Crippen LogP contribution in [0.2, 0.25) is 0 Å². The van der Waals surface area contributed by atoms with E-state index in [1.54, 1.807) is 0 Å². The van der Waals surface area contributed by atoms with Crippen LogP contribution in [0.4, 0.5) is 4.79 Å². The predicted molar refractivity (Wildman–Crippen MR) is 113 cm³/mol. The lowest BCUT2D eigenvalue weighted by molar-refractivity contribution is -0.823. The molecule has 6 nitrogen and oxygen atoms in total. The maximum Gasteiger partial charge on any atom is 0.410 e. The standard InChI is InChI=1S/C24H28N2O4/c1-2-25(24(29)30-18-20-12-7-4-8-13-20)22(16-19-10-5-3-6-11-19)23(28)26-15-9-14-21(26)17-27/h3-8,10-13,17,21-22H,2,9,14-16,18H2,1H3/p+1/t21-,22+/m0/s1. The lowest BCUT2D eigenvalue weighted by Crippen LogP contribution is -3.18. The van der Waals surface area contributed by atoms with Crippen LogP contribution in [0.3, 0.4) is 0 Å². The minimum Gasteiger partial charge on any atom is -0.445 e. The predicted octanol–water partition coefficient (Wildman–Crippen LogP) is 2.03. The van der Waals surface area contributed by atoms with Gasteiger partial charge in [-0.1, -0.05) is 60.7 Å². The highest BCUT2D eigenvalue weighted by molar-refractivity contribution is 5.81. The van der Waals surface area contributed by atoms with Crippen LogP contribution >= 0.6 is 0 Å². The number of nitrogens with one attached hydrogen (secondary N) is 1. The summed E-state index contributed by atoms with van der Waals surface area (Å²) in [5, 5.41) is 0. The van der Waals surface area contributed by atoms with Crippen molar-refractivity contribution in [2.75, 3.05) is 13.1 Å². The van der Waals surface area contributed by atoms with Gasteiger partial charge in [0, 0.05) is 25.8 Å². The molecule has 3 atom stereocenters. The number of hydrogen-bond donors (Lipinski definition) is 1. The molecule has 1 unspecified atom stereocenters. The lowest BCUT2D eigenvalue weighted by atomic mass is 10.0. The zero-order chi connectivity index (χ0) is 21.3. The second kappa shape index (κ2) is 10.7. The summed E-state index contributed by atoms with van der Waals surface area (Å²) in [7, 11) is 0. The van der Waals surface area contributed by atoms with Crippen molar-refractivity contribution in [3.05, 3.63) is 71.8 Å². The number of hydrogen-bond acceptors (Lipinski definition) is 4. The Morgan fingerprint density at radius 3 is 2.33 bits per heavy atom. The van der Waals surface area contributed by atoms with Gasteiger partial charge in [-0.3, -0.25) is 14.6 Å². The van der Waals surface area contributed by atoms with Crippen molar-refractivity contribution in [2.24, 2.45) is 0 Å². The summed E-state index contributed by atoms with van der Waals surface area (Å²) >= 11 is 0. The van der Waals surface area contributed by atoms with Gasteiger partial charge in [0.25, 0.3) is 0 Å². The van der Waals surface area contributed by atoms with E-state index in [9.17, 15) is 14.4 Å². The van der Waals surface area contributed by atoms with Crippen molar-refractivity contribution >= 4 is 18.3 Å². The Morgan fingerprint density at radius 1 is 1.10 bits per heavy atom. The van der Waals surface area contributed by atoms with Gasteiger partial charge in [0.2, 0.25) is 0 Å². The SMILES string of the molecule is CCN(C(=O)OCc1ccccc1)[C@H](Cc1ccccc1)C(=O)[NH+]1CCC[C@H]1C=O. The van der Waals surface area contributed by atoms with Gasteiger partial charge in [-0.05, 0) is 18.1 Å². The number of carbonyl (C=O) groups is 3. The molecule has 1 aliphatic heterocycles. The van der Waals surface area contributed by atoms with Crippen molar-refractivity contribution in [2.45, 2.75) is 44.9 Å². The molecular formula is C24H29N2O4+. The first-order valence-corrected chi connectivity index (χ1v) is 10.5. The lowest BCUT2D eigenvalue weighted by Gasteiger charge is -2.30. The minimum atomic E-state index is -0.684. The van der Waals surface area contributed by atoms with Crippen LogP contribution in [0, 0.1) is 0 Å². The highest BCUT2D eigenvalue weighted by atomic mass is 16.6. The topological polar surface area (TPSA) is 68.1 Å². The summed E-state index contributed by atoms with van der Waals surface area (Å²) in [6.45, 7) is 2.95. The average molecular weight is 410 g/mol. The molecular weight excluding hydrogens is 380 g/mol. The van der Waals surface area contributed by atoms with Gasteiger partial charge in [-0.25, -0.2) is 9.59 Å². The van der Waals surface area contributed by atoms with E-state index in [1.807, 2.05) is 67.6 Å². The van der Waals surface area contributed by atoms with Crippen molar-refractivity contribution in [1.29, 1.82) is 0 Å². The Balaban J connectivity index is 1.79. The molecule has 0 aromatic heterocycles. The normalized spacial score (nSPS) is 19.1. The largest absolute Gasteiger partial charge is 0.445 e. The minimum absolute atomic E-state index is 0.119. The first-order chi connectivity index (χ1) is 14.6. The van der Waals surface area contributed by atoms with E-state index in [2.05, 4.69) is 0 Å².